The molecule has 30 heavy (non-hydrogen) atoms. The summed E-state index contributed by atoms with van der Waals surface area (Å²) in [6.45, 7) is 0. The molecule has 0 aliphatic heterocycles. The van der Waals surface area contributed by atoms with E-state index in [1.54, 1.807) is 12.1 Å². The summed E-state index contributed by atoms with van der Waals surface area (Å²) >= 11 is 0. The zero-order chi connectivity index (χ0) is 21.8. The molecule has 4 N–H and O–H groups in total. The van der Waals surface area contributed by atoms with E-state index >= 15 is 0 Å². The van der Waals surface area contributed by atoms with Crippen LogP contribution in [0.2, 0.25) is 0 Å². The van der Waals surface area contributed by atoms with Gasteiger partial charge >= 0.3 is 11.9 Å². The van der Waals surface area contributed by atoms with Gasteiger partial charge in [-0.2, -0.15) is 0 Å². The highest BCUT2D eigenvalue weighted by molar-refractivity contribution is 5.78. The van der Waals surface area contributed by atoms with E-state index in [4.69, 9.17) is 0 Å². The Labute approximate surface area is 177 Å². The van der Waals surface area contributed by atoms with E-state index in [1.165, 1.54) is 0 Å². The Kier molecular flexibility index (Phi) is 6.94. The lowest BCUT2D eigenvalue weighted by Crippen LogP contribution is -2.14. The first-order valence-electron chi connectivity index (χ1n) is 11.3. The Morgan fingerprint density at radius 3 is 1.33 bits per heavy atom. The number of carboxylic acids is 2. The molecule has 0 spiro atoms. The summed E-state index contributed by atoms with van der Waals surface area (Å²) in [4.78, 5) is 22.4. The third-order valence-electron chi connectivity index (χ3n) is 7.10. The first-order chi connectivity index (χ1) is 14.3. The van der Waals surface area contributed by atoms with E-state index in [9.17, 15) is 30.0 Å². The molecular weight excluding hydrogens is 384 g/mol. The number of phenols is 2. The maximum atomic E-state index is 11.2. The number of phenolic OH excluding ortho intramolecular Hbond substituents is 2. The molecule has 2 saturated carbocycles. The van der Waals surface area contributed by atoms with E-state index in [0.717, 1.165) is 88.2 Å². The van der Waals surface area contributed by atoms with Crippen molar-refractivity contribution in [3.63, 3.8) is 0 Å². The minimum absolute atomic E-state index is 0.204. The van der Waals surface area contributed by atoms with E-state index < -0.39 is 22.8 Å². The first kappa shape index (κ1) is 22.4. The smallest absolute Gasteiger partial charge is 0.309 e. The number of unbranched alkanes of at least 4 members (excludes halogenated alkanes) is 4. The summed E-state index contributed by atoms with van der Waals surface area (Å²) in [6, 6.07) is 3.29. The van der Waals surface area contributed by atoms with Gasteiger partial charge in [0.05, 0.1) is 10.8 Å². The van der Waals surface area contributed by atoms with Crippen LogP contribution in [0.25, 0.3) is 0 Å². The molecule has 0 unspecified atom stereocenters. The number of hydrogen-bond donors (Lipinski definition) is 4. The Bertz CT molecular complexity index is 710. The average molecular weight is 419 g/mol. The predicted molar refractivity (Wildman–Crippen MR) is 113 cm³/mol. The van der Waals surface area contributed by atoms with Crippen molar-refractivity contribution in [2.24, 2.45) is 10.8 Å². The van der Waals surface area contributed by atoms with Gasteiger partial charge in [-0.1, -0.05) is 25.7 Å². The molecule has 2 fully saturated rings. The van der Waals surface area contributed by atoms with Crippen molar-refractivity contribution in [2.75, 3.05) is 0 Å². The van der Waals surface area contributed by atoms with Gasteiger partial charge in [-0.3, -0.25) is 9.59 Å². The van der Waals surface area contributed by atoms with Gasteiger partial charge in [0.15, 0.2) is 0 Å². The lowest BCUT2D eigenvalue weighted by Gasteiger charge is -2.12. The summed E-state index contributed by atoms with van der Waals surface area (Å²) in [7, 11) is 0. The molecule has 166 valence electrons. The SMILES string of the molecule is O=C(O)C1(CCCCCc2cc(O)c(CCCCCC3(C(=O)O)CC3)cc2O)CC1. The number of rotatable bonds is 14. The minimum atomic E-state index is -0.672. The largest absolute Gasteiger partial charge is 0.508 e. The van der Waals surface area contributed by atoms with Crippen LogP contribution in [0, 0.1) is 10.8 Å². The maximum absolute atomic E-state index is 11.2. The van der Waals surface area contributed by atoms with Crippen molar-refractivity contribution < 1.29 is 30.0 Å². The highest BCUT2D eigenvalue weighted by atomic mass is 16.4. The number of hydrogen-bond acceptors (Lipinski definition) is 4. The number of benzene rings is 1. The molecule has 0 atom stereocenters. The van der Waals surface area contributed by atoms with Crippen LogP contribution in [0.15, 0.2) is 12.1 Å². The number of aromatic hydroxyl groups is 2. The number of aliphatic carboxylic acids is 2. The molecule has 3 rings (SSSR count). The molecule has 1 aromatic rings. The molecule has 0 heterocycles. The molecule has 2 aliphatic carbocycles. The number of carboxylic acid groups (broad SMARTS) is 2. The normalized spacial score (nSPS) is 18.1. The van der Waals surface area contributed by atoms with Crippen LogP contribution in [-0.4, -0.2) is 32.4 Å². The first-order valence-corrected chi connectivity index (χ1v) is 11.3. The molecule has 6 nitrogen and oxygen atoms in total. The van der Waals surface area contributed by atoms with Crippen molar-refractivity contribution in [2.45, 2.75) is 89.9 Å². The van der Waals surface area contributed by atoms with Gasteiger partial charge in [0.1, 0.15) is 11.5 Å². The van der Waals surface area contributed by atoms with Crippen LogP contribution in [0.4, 0.5) is 0 Å². The van der Waals surface area contributed by atoms with E-state index in [2.05, 4.69) is 0 Å². The highest BCUT2D eigenvalue weighted by Gasteiger charge is 2.49. The van der Waals surface area contributed by atoms with Crippen molar-refractivity contribution in [1.29, 1.82) is 0 Å². The second-order valence-corrected chi connectivity index (χ2v) is 9.40. The molecule has 0 bridgehead atoms. The van der Waals surface area contributed by atoms with Gasteiger partial charge in [0.2, 0.25) is 0 Å². The van der Waals surface area contributed by atoms with Crippen LogP contribution in [0.3, 0.4) is 0 Å². The molecule has 6 heteroatoms. The Morgan fingerprint density at radius 2 is 1.03 bits per heavy atom. The van der Waals surface area contributed by atoms with Gasteiger partial charge in [0.25, 0.3) is 0 Å². The summed E-state index contributed by atoms with van der Waals surface area (Å²) in [5.41, 5.74) is 0.532. The topological polar surface area (TPSA) is 115 Å². The van der Waals surface area contributed by atoms with E-state index in [0.29, 0.717) is 12.8 Å². The standard InChI is InChI=1S/C24H34O6/c25-19-16-18(8-4-2-6-10-24(13-14-24)22(29)30)20(26)15-17(19)7-3-1-5-9-23(11-12-23)21(27)28/h15-16,25-26H,1-14H2,(H,27,28)(H,29,30). The Hall–Kier alpha value is -2.24. The highest BCUT2D eigenvalue weighted by Crippen LogP contribution is 2.50. The summed E-state index contributed by atoms with van der Waals surface area (Å²) in [5.74, 6) is -0.936. The van der Waals surface area contributed by atoms with Crippen LogP contribution in [0.1, 0.15) is 88.2 Å². The summed E-state index contributed by atoms with van der Waals surface area (Å²) in [5, 5.41) is 39.0. The van der Waals surface area contributed by atoms with Crippen LogP contribution >= 0.6 is 0 Å². The zero-order valence-corrected chi connectivity index (χ0v) is 17.7. The van der Waals surface area contributed by atoms with Gasteiger partial charge in [-0.15, -0.1) is 0 Å². The zero-order valence-electron chi connectivity index (χ0n) is 17.7. The number of aryl methyl sites for hydroxylation is 2. The Balaban J connectivity index is 1.36. The summed E-state index contributed by atoms with van der Waals surface area (Å²) in [6.07, 6.45) is 11.2. The van der Waals surface area contributed by atoms with Crippen LogP contribution in [-0.2, 0) is 22.4 Å². The molecule has 2 aliphatic rings. The second-order valence-electron chi connectivity index (χ2n) is 9.40. The van der Waals surface area contributed by atoms with Gasteiger partial charge in [-0.05, 0) is 87.5 Å². The van der Waals surface area contributed by atoms with Crippen molar-refractivity contribution in [3.05, 3.63) is 23.3 Å². The van der Waals surface area contributed by atoms with Crippen molar-refractivity contribution >= 4 is 11.9 Å². The lowest BCUT2D eigenvalue weighted by molar-refractivity contribution is -0.144. The fraction of sp³-hybridized carbons (Fsp3) is 0.667. The van der Waals surface area contributed by atoms with Gasteiger partial charge < -0.3 is 20.4 Å². The predicted octanol–water partition coefficient (Wildman–Crippen LogP) is 5.03. The van der Waals surface area contributed by atoms with E-state index in [1.807, 2.05) is 0 Å². The molecule has 0 amide bonds. The monoisotopic (exact) mass is 418 g/mol. The molecular formula is C24H34O6. The average Bonchev–Trinajstić information content (AvgIpc) is 3.59. The third kappa shape index (κ3) is 5.46. The van der Waals surface area contributed by atoms with Gasteiger partial charge in [-0.25, -0.2) is 0 Å². The Morgan fingerprint density at radius 1 is 0.667 bits per heavy atom. The van der Waals surface area contributed by atoms with Gasteiger partial charge in [0, 0.05) is 0 Å². The molecule has 1 aromatic carbocycles. The minimum Gasteiger partial charge on any atom is -0.508 e. The fourth-order valence-corrected chi connectivity index (χ4v) is 4.42. The summed E-state index contributed by atoms with van der Waals surface area (Å²) < 4.78 is 0. The van der Waals surface area contributed by atoms with Crippen LogP contribution < -0.4 is 0 Å². The van der Waals surface area contributed by atoms with Crippen molar-refractivity contribution in [1.82, 2.24) is 0 Å². The van der Waals surface area contributed by atoms with Crippen molar-refractivity contribution in [3.8, 4) is 11.5 Å². The second kappa shape index (κ2) is 9.27. The molecule has 0 aromatic heterocycles. The molecule has 0 radical (unpaired) electrons. The third-order valence-corrected chi connectivity index (χ3v) is 7.10. The quantitative estimate of drug-likeness (QED) is 0.249. The van der Waals surface area contributed by atoms with E-state index in [-0.39, 0.29) is 11.5 Å². The molecule has 0 saturated heterocycles. The maximum Gasteiger partial charge on any atom is 0.309 e. The lowest BCUT2D eigenvalue weighted by atomic mass is 9.95. The number of carbonyl (C=O) groups is 2. The van der Waals surface area contributed by atoms with Crippen LogP contribution in [0.5, 0.6) is 11.5 Å². The fourth-order valence-electron chi connectivity index (χ4n) is 4.42.